The Hall–Kier alpha value is -2.82. The molecular formula is C18H18FN3O. The van der Waals surface area contributed by atoms with Crippen LogP contribution in [0.25, 0.3) is 16.9 Å². The highest BCUT2D eigenvalue weighted by Crippen LogP contribution is 2.33. The Morgan fingerprint density at radius 3 is 2.30 bits per heavy atom. The second-order valence-electron chi connectivity index (χ2n) is 5.65. The Morgan fingerprint density at radius 2 is 1.65 bits per heavy atom. The maximum Gasteiger partial charge on any atom is 0.130 e. The van der Waals surface area contributed by atoms with Crippen LogP contribution in [0, 0.1) is 26.6 Å². The number of aromatic hydroxyl groups is 1. The van der Waals surface area contributed by atoms with Crippen molar-refractivity contribution in [3.63, 3.8) is 0 Å². The van der Waals surface area contributed by atoms with E-state index in [9.17, 15) is 9.50 Å². The Morgan fingerprint density at radius 1 is 1.00 bits per heavy atom. The number of nitrogens with two attached hydrogens (primary N) is 1. The van der Waals surface area contributed by atoms with Crippen molar-refractivity contribution < 1.29 is 9.50 Å². The van der Waals surface area contributed by atoms with Crippen LogP contribution in [-0.2, 0) is 0 Å². The first kappa shape index (κ1) is 15.1. The molecule has 0 radical (unpaired) electrons. The van der Waals surface area contributed by atoms with Crippen LogP contribution in [-0.4, -0.2) is 14.9 Å². The number of nitrogen functional groups attached to an aromatic ring is 1. The van der Waals surface area contributed by atoms with Crippen molar-refractivity contribution in [2.24, 2.45) is 0 Å². The third-order valence-electron chi connectivity index (χ3n) is 4.10. The number of halogens is 1. The summed E-state index contributed by atoms with van der Waals surface area (Å²) in [5.41, 5.74) is 11.0. The molecule has 1 heterocycles. The van der Waals surface area contributed by atoms with Crippen LogP contribution in [0.3, 0.4) is 0 Å². The summed E-state index contributed by atoms with van der Waals surface area (Å²) >= 11 is 0. The second kappa shape index (κ2) is 5.43. The van der Waals surface area contributed by atoms with Gasteiger partial charge in [0.15, 0.2) is 0 Å². The third-order valence-corrected chi connectivity index (χ3v) is 4.10. The summed E-state index contributed by atoms with van der Waals surface area (Å²) in [4.78, 5) is 0. The summed E-state index contributed by atoms with van der Waals surface area (Å²) in [6.45, 7) is 5.65. The predicted octanol–water partition coefficient (Wildman–Crippen LogP) is 3.89. The molecule has 3 N–H and O–H groups in total. The number of hydrogen-bond donors (Lipinski definition) is 2. The largest absolute Gasteiger partial charge is 0.508 e. The minimum atomic E-state index is -0.293. The van der Waals surface area contributed by atoms with Crippen molar-refractivity contribution in [2.75, 3.05) is 5.73 Å². The third kappa shape index (κ3) is 2.44. The lowest BCUT2D eigenvalue weighted by Crippen LogP contribution is -2.06. The average molecular weight is 311 g/mol. The SMILES string of the molecule is Cc1ccc(O)c(C)c1-n1nc(-c2ccc(F)cc2)c(C)c1N. The van der Waals surface area contributed by atoms with E-state index in [0.29, 0.717) is 17.1 Å². The molecule has 0 atom stereocenters. The van der Waals surface area contributed by atoms with Gasteiger partial charge in [-0.05, 0) is 56.7 Å². The molecule has 0 bridgehead atoms. The first-order valence-electron chi connectivity index (χ1n) is 7.30. The molecule has 0 aliphatic carbocycles. The molecule has 2 aromatic carbocycles. The molecule has 0 aliphatic heterocycles. The van der Waals surface area contributed by atoms with Crippen molar-refractivity contribution >= 4 is 5.82 Å². The first-order valence-corrected chi connectivity index (χ1v) is 7.30. The zero-order valence-corrected chi connectivity index (χ0v) is 13.3. The van der Waals surface area contributed by atoms with Crippen molar-refractivity contribution in [3.05, 3.63) is 58.9 Å². The van der Waals surface area contributed by atoms with Gasteiger partial charge in [-0.25, -0.2) is 9.07 Å². The summed E-state index contributed by atoms with van der Waals surface area (Å²) in [5.74, 6) is 0.404. The molecule has 1 aromatic heterocycles. The van der Waals surface area contributed by atoms with Gasteiger partial charge in [-0.1, -0.05) is 6.07 Å². The highest BCUT2D eigenvalue weighted by molar-refractivity contribution is 5.70. The molecule has 5 heteroatoms. The second-order valence-corrected chi connectivity index (χ2v) is 5.65. The molecule has 3 aromatic rings. The Labute approximate surface area is 134 Å². The van der Waals surface area contributed by atoms with E-state index in [1.165, 1.54) is 12.1 Å². The highest BCUT2D eigenvalue weighted by atomic mass is 19.1. The smallest absolute Gasteiger partial charge is 0.130 e. The average Bonchev–Trinajstić information content (AvgIpc) is 2.81. The van der Waals surface area contributed by atoms with Gasteiger partial charge in [-0.3, -0.25) is 0 Å². The van der Waals surface area contributed by atoms with Gasteiger partial charge < -0.3 is 10.8 Å². The molecule has 0 amide bonds. The standard InChI is InChI=1S/C18H18FN3O/c1-10-4-9-15(23)11(2)17(10)22-18(20)12(3)16(21-22)13-5-7-14(19)8-6-13/h4-9,23H,20H2,1-3H3. The number of anilines is 1. The van der Waals surface area contributed by atoms with E-state index in [-0.39, 0.29) is 11.6 Å². The molecule has 0 unspecified atom stereocenters. The number of aryl methyl sites for hydroxylation is 1. The molecule has 23 heavy (non-hydrogen) atoms. The van der Waals surface area contributed by atoms with E-state index in [2.05, 4.69) is 5.10 Å². The number of hydrogen-bond acceptors (Lipinski definition) is 3. The number of nitrogens with zero attached hydrogens (tertiary/aromatic N) is 2. The quantitative estimate of drug-likeness (QED) is 0.754. The van der Waals surface area contributed by atoms with E-state index in [4.69, 9.17) is 5.73 Å². The van der Waals surface area contributed by atoms with Crippen molar-refractivity contribution in [3.8, 4) is 22.7 Å². The molecule has 3 rings (SSSR count). The fourth-order valence-electron chi connectivity index (χ4n) is 2.71. The maximum atomic E-state index is 13.1. The van der Waals surface area contributed by atoms with Gasteiger partial charge in [0, 0.05) is 16.7 Å². The van der Waals surface area contributed by atoms with Crippen LogP contribution >= 0.6 is 0 Å². The van der Waals surface area contributed by atoms with E-state index < -0.39 is 0 Å². The van der Waals surface area contributed by atoms with Gasteiger partial charge in [0.05, 0.1) is 11.4 Å². The van der Waals surface area contributed by atoms with Crippen LogP contribution in [0.5, 0.6) is 5.75 Å². The Balaban J connectivity index is 2.22. The van der Waals surface area contributed by atoms with Crippen LogP contribution in [0.1, 0.15) is 16.7 Å². The number of benzene rings is 2. The summed E-state index contributed by atoms with van der Waals surface area (Å²) in [6.07, 6.45) is 0. The van der Waals surface area contributed by atoms with Crippen molar-refractivity contribution in [2.45, 2.75) is 20.8 Å². The van der Waals surface area contributed by atoms with Gasteiger partial charge in [0.1, 0.15) is 17.4 Å². The number of phenolic OH excluding ortho intramolecular Hbond substituents is 1. The highest BCUT2D eigenvalue weighted by Gasteiger charge is 2.18. The molecule has 4 nitrogen and oxygen atoms in total. The van der Waals surface area contributed by atoms with Gasteiger partial charge in [0.2, 0.25) is 0 Å². The van der Waals surface area contributed by atoms with Crippen LogP contribution in [0.15, 0.2) is 36.4 Å². The number of aromatic nitrogens is 2. The fourth-order valence-corrected chi connectivity index (χ4v) is 2.71. The topological polar surface area (TPSA) is 64.1 Å². The molecule has 0 saturated heterocycles. The van der Waals surface area contributed by atoms with E-state index in [1.807, 2.05) is 26.8 Å². The summed E-state index contributed by atoms with van der Waals surface area (Å²) in [5, 5.41) is 14.6. The number of phenols is 1. The molecular weight excluding hydrogens is 293 g/mol. The zero-order valence-electron chi connectivity index (χ0n) is 13.3. The first-order chi connectivity index (χ1) is 10.9. The van der Waals surface area contributed by atoms with E-state index in [0.717, 1.165) is 22.4 Å². The van der Waals surface area contributed by atoms with Gasteiger partial charge in [-0.15, -0.1) is 0 Å². The normalized spacial score (nSPS) is 11.0. The molecule has 118 valence electrons. The molecule has 0 fully saturated rings. The lowest BCUT2D eigenvalue weighted by atomic mass is 10.1. The summed E-state index contributed by atoms with van der Waals surface area (Å²) in [6, 6.07) is 9.63. The minimum Gasteiger partial charge on any atom is -0.508 e. The lowest BCUT2D eigenvalue weighted by molar-refractivity contribution is 0.470. The Kier molecular flexibility index (Phi) is 3.56. The maximum absolute atomic E-state index is 13.1. The molecule has 0 spiro atoms. The molecule has 0 saturated carbocycles. The minimum absolute atomic E-state index is 0.196. The van der Waals surface area contributed by atoms with E-state index >= 15 is 0 Å². The number of rotatable bonds is 2. The monoisotopic (exact) mass is 311 g/mol. The summed E-state index contributed by atoms with van der Waals surface area (Å²) < 4.78 is 14.8. The van der Waals surface area contributed by atoms with Crippen molar-refractivity contribution in [1.82, 2.24) is 9.78 Å². The van der Waals surface area contributed by atoms with Crippen LogP contribution < -0.4 is 5.73 Å². The Bertz CT molecular complexity index is 882. The van der Waals surface area contributed by atoms with Gasteiger partial charge in [-0.2, -0.15) is 5.10 Å². The molecule has 0 aliphatic rings. The fraction of sp³-hybridized carbons (Fsp3) is 0.167. The zero-order chi connectivity index (χ0) is 16.7. The predicted molar refractivity (Wildman–Crippen MR) is 89.2 cm³/mol. The van der Waals surface area contributed by atoms with Gasteiger partial charge >= 0.3 is 0 Å². The van der Waals surface area contributed by atoms with Crippen LogP contribution in [0.2, 0.25) is 0 Å². The van der Waals surface area contributed by atoms with Gasteiger partial charge in [0.25, 0.3) is 0 Å². The van der Waals surface area contributed by atoms with Crippen LogP contribution in [0.4, 0.5) is 10.2 Å². The lowest BCUT2D eigenvalue weighted by Gasteiger charge is -2.12. The summed E-state index contributed by atoms with van der Waals surface area (Å²) in [7, 11) is 0. The van der Waals surface area contributed by atoms with Crippen molar-refractivity contribution in [1.29, 1.82) is 0 Å². The van der Waals surface area contributed by atoms with E-state index in [1.54, 1.807) is 22.9 Å².